The normalized spacial score (nSPS) is 19.9. The van der Waals surface area contributed by atoms with Crippen molar-refractivity contribution in [2.24, 2.45) is 5.41 Å². The average molecular weight is 312 g/mol. The maximum atomic E-state index is 13.9. The van der Waals surface area contributed by atoms with E-state index in [1.807, 2.05) is 0 Å². The van der Waals surface area contributed by atoms with E-state index in [2.05, 4.69) is 18.8 Å². The van der Waals surface area contributed by atoms with Gasteiger partial charge >= 0.3 is 5.97 Å². The number of thioether (sulfide) groups is 1. The minimum Gasteiger partial charge on any atom is -0.481 e. The van der Waals surface area contributed by atoms with Crippen LogP contribution in [0.5, 0.6) is 0 Å². The largest absolute Gasteiger partial charge is 0.481 e. The van der Waals surface area contributed by atoms with Crippen LogP contribution in [0.15, 0.2) is 17.3 Å². The van der Waals surface area contributed by atoms with Crippen LogP contribution in [0.2, 0.25) is 0 Å². The number of imidazole rings is 1. The first-order valence-electron chi connectivity index (χ1n) is 6.51. The third-order valence-electron chi connectivity index (χ3n) is 3.78. The topological polar surface area (TPSA) is 55.1 Å². The van der Waals surface area contributed by atoms with Gasteiger partial charge < -0.3 is 9.67 Å². The zero-order valence-electron chi connectivity index (χ0n) is 11.6. The van der Waals surface area contributed by atoms with Crippen LogP contribution in [0.1, 0.15) is 26.3 Å². The van der Waals surface area contributed by atoms with E-state index in [0.717, 1.165) is 24.2 Å². The molecule has 0 radical (unpaired) electrons. The minimum absolute atomic E-state index is 0.0228. The van der Waals surface area contributed by atoms with E-state index in [-0.39, 0.29) is 22.7 Å². The highest BCUT2D eigenvalue weighted by Crippen LogP contribution is 2.57. The molecule has 1 aliphatic rings. The van der Waals surface area contributed by atoms with Crippen LogP contribution in [0.4, 0.5) is 8.78 Å². The molecule has 0 saturated heterocycles. The molecule has 1 aromatic heterocycles. The molecule has 1 saturated carbocycles. The van der Waals surface area contributed by atoms with E-state index in [4.69, 9.17) is 5.11 Å². The fourth-order valence-corrected chi connectivity index (χ4v) is 3.28. The molecule has 1 atom stereocenters. The Bertz CT molecular complexity index is 742. The molecule has 3 rings (SSSR count). The van der Waals surface area contributed by atoms with Crippen molar-refractivity contribution in [2.45, 2.75) is 31.5 Å². The highest BCUT2D eigenvalue weighted by Gasteiger charge is 2.48. The van der Waals surface area contributed by atoms with Gasteiger partial charge in [-0.15, -0.1) is 0 Å². The summed E-state index contributed by atoms with van der Waals surface area (Å²) < 4.78 is 29.1. The fourth-order valence-electron chi connectivity index (χ4n) is 2.51. The molecule has 0 spiro atoms. The van der Waals surface area contributed by atoms with Gasteiger partial charge in [0.1, 0.15) is 11.3 Å². The average Bonchev–Trinajstić information content (AvgIpc) is 2.82. The number of hydrogen-bond donors (Lipinski definition) is 1. The molecular weight excluding hydrogens is 298 g/mol. The van der Waals surface area contributed by atoms with Crippen molar-refractivity contribution in [3.63, 3.8) is 0 Å². The van der Waals surface area contributed by atoms with Crippen LogP contribution in [0.3, 0.4) is 0 Å². The molecule has 1 heterocycles. The summed E-state index contributed by atoms with van der Waals surface area (Å²) in [6.07, 6.45) is 0.872. The van der Waals surface area contributed by atoms with E-state index in [1.54, 1.807) is 4.57 Å². The Kier molecular flexibility index (Phi) is 3.20. The zero-order chi connectivity index (χ0) is 15.4. The maximum Gasteiger partial charge on any atom is 0.313 e. The monoisotopic (exact) mass is 312 g/mol. The van der Waals surface area contributed by atoms with Crippen LogP contribution < -0.4 is 0 Å². The number of carbonyl (C=O) groups is 1. The van der Waals surface area contributed by atoms with Crippen LogP contribution in [-0.2, 0) is 4.79 Å². The Morgan fingerprint density at radius 1 is 1.52 bits per heavy atom. The van der Waals surface area contributed by atoms with Gasteiger partial charge in [-0.05, 0) is 11.8 Å². The number of aliphatic carboxylic acids is 1. The molecule has 1 aromatic carbocycles. The van der Waals surface area contributed by atoms with Crippen molar-refractivity contribution in [1.29, 1.82) is 0 Å². The van der Waals surface area contributed by atoms with Gasteiger partial charge in [-0.2, -0.15) is 0 Å². The molecular formula is C14H14F2N2O2S. The summed E-state index contributed by atoms with van der Waals surface area (Å²) >= 11 is 1.03. The maximum absolute atomic E-state index is 13.9. The number of hydrogen-bond acceptors (Lipinski definition) is 3. The summed E-state index contributed by atoms with van der Waals surface area (Å²) in [6, 6.07) is 2.13. The predicted molar refractivity (Wildman–Crippen MR) is 75.4 cm³/mol. The van der Waals surface area contributed by atoms with Crippen LogP contribution in [-0.4, -0.2) is 26.4 Å². The lowest BCUT2D eigenvalue weighted by atomic mass is 10.2. The standard InChI is InChI=1S/C14H14F2N2O2S/c1-14(2)5-10(14)18-9-4-7(15)3-8(16)12(9)17-13(18)21-6-11(19)20/h3-4,10H,5-6H2,1-2H3,(H,19,20). The molecule has 21 heavy (non-hydrogen) atoms. The molecule has 1 aliphatic carbocycles. The van der Waals surface area contributed by atoms with Gasteiger partial charge in [0.05, 0.1) is 11.3 Å². The van der Waals surface area contributed by atoms with E-state index in [9.17, 15) is 13.6 Å². The molecule has 0 aliphatic heterocycles. The summed E-state index contributed by atoms with van der Waals surface area (Å²) in [5.41, 5.74) is 0.498. The molecule has 7 heteroatoms. The number of benzene rings is 1. The molecule has 0 bridgehead atoms. The summed E-state index contributed by atoms with van der Waals surface area (Å²) in [6.45, 7) is 4.12. The van der Waals surface area contributed by atoms with Crippen LogP contribution in [0.25, 0.3) is 11.0 Å². The van der Waals surface area contributed by atoms with E-state index >= 15 is 0 Å². The first-order chi connectivity index (χ1) is 9.79. The van der Waals surface area contributed by atoms with Gasteiger partial charge in [-0.1, -0.05) is 25.6 Å². The Labute approximate surface area is 124 Å². The van der Waals surface area contributed by atoms with Gasteiger partial charge in [0, 0.05) is 18.2 Å². The minimum atomic E-state index is -0.972. The van der Waals surface area contributed by atoms with E-state index < -0.39 is 17.6 Å². The molecule has 4 nitrogen and oxygen atoms in total. The second-order valence-corrected chi connectivity index (χ2v) is 6.85. The number of nitrogens with zero attached hydrogens (tertiary/aromatic N) is 2. The summed E-state index contributed by atoms with van der Waals surface area (Å²) in [4.78, 5) is 14.9. The van der Waals surface area contributed by atoms with Crippen molar-refractivity contribution < 1.29 is 18.7 Å². The van der Waals surface area contributed by atoms with Crippen molar-refractivity contribution in [3.05, 3.63) is 23.8 Å². The Hall–Kier alpha value is -1.63. The summed E-state index contributed by atoms with van der Waals surface area (Å²) in [7, 11) is 0. The lowest BCUT2D eigenvalue weighted by Gasteiger charge is -2.10. The Morgan fingerprint density at radius 2 is 2.19 bits per heavy atom. The number of halogens is 2. The number of aromatic nitrogens is 2. The van der Waals surface area contributed by atoms with E-state index in [1.165, 1.54) is 6.07 Å². The Balaban J connectivity index is 2.14. The lowest BCUT2D eigenvalue weighted by molar-refractivity contribution is -0.133. The first kappa shape index (κ1) is 14.3. The fraction of sp³-hybridized carbons (Fsp3) is 0.429. The van der Waals surface area contributed by atoms with Gasteiger partial charge in [-0.25, -0.2) is 13.8 Å². The van der Waals surface area contributed by atoms with Crippen LogP contribution in [0, 0.1) is 17.0 Å². The molecule has 0 amide bonds. The second-order valence-electron chi connectivity index (χ2n) is 5.91. The first-order valence-corrected chi connectivity index (χ1v) is 7.50. The number of carboxylic acid groups (broad SMARTS) is 1. The van der Waals surface area contributed by atoms with Crippen molar-refractivity contribution >= 4 is 28.8 Å². The third kappa shape index (κ3) is 2.50. The quantitative estimate of drug-likeness (QED) is 0.878. The van der Waals surface area contributed by atoms with Crippen molar-refractivity contribution in [3.8, 4) is 0 Å². The molecule has 1 unspecified atom stereocenters. The number of fused-ring (bicyclic) bond motifs is 1. The number of carboxylic acids is 1. The lowest BCUT2D eigenvalue weighted by Crippen LogP contribution is -2.05. The zero-order valence-corrected chi connectivity index (χ0v) is 12.4. The van der Waals surface area contributed by atoms with Gasteiger partial charge in [-0.3, -0.25) is 4.79 Å². The SMILES string of the molecule is CC1(C)CC1n1c(SCC(=O)O)nc2c(F)cc(F)cc21. The van der Waals surface area contributed by atoms with Gasteiger partial charge in [0.25, 0.3) is 0 Å². The molecule has 1 N–H and O–H groups in total. The molecule has 112 valence electrons. The van der Waals surface area contributed by atoms with Gasteiger partial charge in [0.15, 0.2) is 11.0 Å². The summed E-state index contributed by atoms with van der Waals surface area (Å²) in [5.74, 6) is -2.52. The van der Waals surface area contributed by atoms with E-state index in [0.29, 0.717) is 10.7 Å². The molecule has 1 fully saturated rings. The molecule has 2 aromatic rings. The van der Waals surface area contributed by atoms with Crippen LogP contribution >= 0.6 is 11.8 Å². The third-order valence-corrected chi connectivity index (χ3v) is 4.72. The smallest absolute Gasteiger partial charge is 0.313 e. The Morgan fingerprint density at radius 3 is 2.76 bits per heavy atom. The van der Waals surface area contributed by atoms with Gasteiger partial charge in [0.2, 0.25) is 0 Å². The predicted octanol–water partition coefficient (Wildman–Crippen LogP) is 3.46. The van der Waals surface area contributed by atoms with Crippen molar-refractivity contribution in [1.82, 2.24) is 9.55 Å². The van der Waals surface area contributed by atoms with Crippen molar-refractivity contribution in [2.75, 3.05) is 5.75 Å². The second kappa shape index (κ2) is 4.69. The number of rotatable bonds is 4. The highest BCUT2D eigenvalue weighted by atomic mass is 32.2. The summed E-state index contributed by atoms with van der Waals surface area (Å²) in [5, 5.41) is 9.23. The highest BCUT2D eigenvalue weighted by molar-refractivity contribution is 7.99.